The molecule has 6 rings (SSSR count). The number of hydrogen-bond acceptors (Lipinski definition) is 12. The van der Waals surface area contributed by atoms with Crippen LogP contribution in [0.4, 0.5) is 13.2 Å². The number of aliphatic carboxylic acids is 2. The lowest BCUT2D eigenvalue weighted by Gasteiger charge is -2.61. The first kappa shape index (κ1) is 37.1. The molecule has 2 heterocycles. The number of methoxy groups -OCH3 is 1. The molecule has 2 aromatic rings. The molecule has 2 aromatic carbocycles. The van der Waals surface area contributed by atoms with Gasteiger partial charge in [-0.2, -0.15) is 13.2 Å². The third-order valence-corrected chi connectivity index (χ3v) is 9.52. The maximum atomic E-state index is 13.8. The molecule has 0 saturated carbocycles. The molecule has 2 aliphatic carbocycles. The van der Waals surface area contributed by atoms with Crippen LogP contribution in [0.5, 0.6) is 11.5 Å². The SMILES string of the molecule is COc1ccc2c3c1O[C@H]1C(OC(=O)[C@@H](OC(=O)C[C@H](OC(C)=O)C(=O)O)c4ccccc4)=CC[C@@]4(O)[C@@H](C2)N(C)CC[C@]314.O=C(O)C(F)(F)F. The van der Waals surface area contributed by atoms with Crippen LogP contribution in [0.1, 0.15) is 49.0 Å². The number of likely N-dealkylation sites (tertiary alicyclic amines) is 1. The second kappa shape index (κ2) is 13.9. The molecule has 1 fully saturated rings. The Morgan fingerprint density at radius 3 is 2.31 bits per heavy atom. The summed E-state index contributed by atoms with van der Waals surface area (Å²) in [6, 6.07) is 11.8. The fraction of sp³-hybridized carbons (Fsp3) is 0.441. The van der Waals surface area contributed by atoms with Crippen molar-refractivity contribution in [1.29, 1.82) is 0 Å². The van der Waals surface area contributed by atoms with E-state index in [0.717, 1.165) is 18.1 Å². The highest BCUT2D eigenvalue weighted by atomic mass is 19.4. The van der Waals surface area contributed by atoms with E-state index in [1.165, 1.54) is 0 Å². The fourth-order valence-electron chi connectivity index (χ4n) is 7.35. The van der Waals surface area contributed by atoms with Gasteiger partial charge in [-0.05, 0) is 44.1 Å². The van der Waals surface area contributed by atoms with Crippen LogP contribution in [-0.2, 0) is 50.0 Å². The van der Waals surface area contributed by atoms with Crippen LogP contribution >= 0.6 is 0 Å². The van der Waals surface area contributed by atoms with E-state index in [1.54, 1.807) is 43.5 Å². The van der Waals surface area contributed by atoms with Crippen LogP contribution < -0.4 is 9.47 Å². The molecule has 2 aliphatic heterocycles. The number of benzene rings is 2. The van der Waals surface area contributed by atoms with Gasteiger partial charge < -0.3 is 43.9 Å². The zero-order valence-electron chi connectivity index (χ0n) is 27.5. The lowest BCUT2D eigenvalue weighted by molar-refractivity contribution is -0.192. The minimum atomic E-state index is -5.08. The molecule has 14 nitrogen and oxygen atoms in total. The predicted octanol–water partition coefficient (Wildman–Crippen LogP) is 2.84. The van der Waals surface area contributed by atoms with Gasteiger partial charge >= 0.3 is 36.0 Å². The van der Waals surface area contributed by atoms with E-state index in [1.807, 2.05) is 19.2 Å². The Bertz CT molecular complexity index is 1760. The van der Waals surface area contributed by atoms with E-state index in [4.69, 9.17) is 33.6 Å². The summed E-state index contributed by atoms with van der Waals surface area (Å²) in [4.78, 5) is 60.6. The Morgan fingerprint density at radius 1 is 1.06 bits per heavy atom. The molecule has 0 unspecified atom stereocenters. The highest BCUT2D eigenvalue weighted by Gasteiger charge is 2.72. The number of carboxylic acid groups (broad SMARTS) is 2. The van der Waals surface area contributed by atoms with Crippen molar-refractivity contribution in [3.8, 4) is 11.5 Å². The number of carbonyl (C=O) groups is 5. The van der Waals surface area contributed by atoms with Gasteiger partial charge in [-0.15, -0.1) is 0 Å². The molecule has 17 heteroatoms. The number of piperidine rings is 1. The molecular weight excluding hydrogens is 687 g/mol. The van der Waals surface area contributed by atoms with Gasteiger partial charge in [-0.3, -0.25) is 9.59 Å². The molecule has 1 saturated heterocycles. The van der Waals surface area contributed by atoms with Crippen LogP contribution in [0.25, 0.3) is 0 Å². The van der Waals surface area contributed by atoms with Crippen molar-refractivity contribution in [2.24, 2.45) is 0 Å². The quantitative estimate of drug-likeness (QED) is 0.253. The lowest BCUT2D eigenvalue weighted by atomic mass is 9.50. The summed E-state index contributed by atoms with van der Waals surface area (Å²) in [6.45, 7) is 1.70. The molecule has 51 heavy (non-hydrogen) atoms. The second-order valence-corrected chi connectivity index (χ2v) is 12.4. The summed E-state index contributed by atoms with van der Waals surface area (Å²) in [7, 11) is 3.53. The Balaban J connectivity index is 0.000000654. The predicted molar refractivity (Wildman–Crippen MR) is 164 cm³/mol. The molecule has 2 bridgehead atoms. The van der Waals surface area contributed by atoms with Crippen molar-refractivity contribution < 1.29 is 76.1 Å². The summed E-state index contributed by atoms with van der Waals surface area (Å²) >= 11 is 0. The Hall–Kier alpha value is -5.16. The van der Waals surface area contributed by atoms with E-state index in [0.29, 0.717) is 30.9 Å². The Labute approximate surface area is 288 Å². The molecule has 3 N–H and O–H groups in total. The van der Waals surface area contributed by atoms with Gasteiger partial charge in [-0.1, -0.05) is 36.4 Å². The highest BCUT2D eigenvalue weighted by Crippen LogP contribution is 2.65. The minimum absolute atomic E-state index is 0.175. The fourth-order valence-corrected chi connectivity index (χ4v) is 7.35. The number of carboxylic acids is 2. The Kier molecular flexibility index (Phi) is 10.1. The van der Waals surface area contributed by atoms with Crippen LogP contribution in [0.2, 0.25) is 0 Å². The molecule has 0 amide bonds. The van der Waals surface area contributed by atoms with E-state index in [2.05, 4.69) is 4.90 Å². The van der Waals surface area contributed by atoms with Gasteiger partial charge in [0.2, 0.25) is 12.2 Å². The third kappa shape index (κ3) is 6.70. The first-order chi connectivity index (χ1) is 23.9. The number of alkyl halides is 3. The van der Waals surface area contributed by atoms with Gasteiger partial charge in [0.1, 0.15) is 5.76 Å². The number of carbonyl (C=O) groups excluding carboxylic acids is 3. The number of nitrogens with zero attached hydrogens (tertiary/aromatic N) is 1. The summed E-state index contributed by atoms with van der Waals surface area (Å²) in [5.41, 5.74) is 0.0660. The van der Waals surface area contributed by atoms with E-state index in [-0.39, 0.29) is 23.8 Å². The first-order valence-electron chi connectivity index (χ1n) is 15.6. The number of rotatable bonds is 9. The number of hydrogen-bond donors (Lipinski definition) is 3. The van der Waals surface area contributed by atoms with Crippen LogP contribution in [0.15, 0.2) is 54.3 Å². The van der Waals surface area contributed by atoms with Gasteiger partial charge in [0.05, 0.1) is 24.5 Å². The molecule has 6 atom stereocenters. The van der Waals surface area contributed by atoms with Crippen LogP contribution in [-0.4, -0.2) is 101 Å². The average molecular weight is 722 g/mol. The number of likely N-dealkylation sites (N-methyl/N-ethyl adjacent to an activating group) is 1. The van der Waals surface area contributed by atoms with Crippen molar-refractivity contribution in [3.05, 3.63) is 71.0 Å². The number of ether oxygens (including phenoxy) is 5. The van der Waals surface area contributed by atoms with E-state index >= 15 is 0 Å². The molecule has 0 aromatic heterocycles. The van der Waals surface area contributed by atoms with Crippen LogP contribution in [0, 0.1) is 0 Å². The van der Waals surface area contributed by atoms with Gasteiger partial charge in [0, 0.05) is 30.5 Å². The largest absolute Gasteiger partial charge is 0.493 e. The summed E-state index contributed by atoms with van der Waals surface area (Å²) in [5, 5.41) is 28.9. The number of halogens is 3. The van der Waals surface area contributed by atoms with Gasteiger partial charge in [0.25, 0.3) is 0 Å². The van der Waals surface area contributed by atoms with Crippen molar-refractivity contribution in [1.82, 2.24) is 4.90 Å². The average Bonchev–Trinajstić information content (AvgIpc) is 3.42. The zero-order valence-corrected chi connectivity index (χ0v) is 27.5. The van der Waals surface area contributed by atoms with Gasteiger partial charge in [0.15, 0.2) is 17.6 Å². The van der Waals surface area contributed by atoms with Crippen molar-refractivity contribution >= 4 is 29.8 Å². The maximum Gasteiger partial charge on any atom is 0.490 e. The molecule has 1 spiro atoms. The van der Waals surface area contributed by atoms with Crippen molar-refractivity contribution in [2.45, 2.75) is 74.2 Å². The summed E-state index contributed by atoms with van der Waals surface area (Å²) < 4.78 is 60.0. The maximum absolute atomic E-state index is 13.8. The highest BCUT2D eigenvalue weighted by molar-refractivity contribution is 5.85. The smallest absolute Gasteiger partial charge is 0.490 e. The normalized spacial score (nSPS) is 25.3. The van der Waals surface area contributed by atoms with Gasteiger partial charge in [-0.25, -0.2) is 14.4 Å². The molecule has 274 valence electrons. The first-order valence-corrected chi connectivity index (χ1v) is 15.6. The number of esters is 3. The zero-order chi connectivity index (χ0) is 37.5. The summed E-state index contributed by atoms with van der Waals surface area (Å²) in [6.07, 6.45) is -7.12. The monoisotopic (exact) mass is 721 g/mol. The van der Waals surface area contributed by atoms with E-state index in [9.17, 15) is 42.6 Å². The Morgan fingerprint density at radius 2 is 1.73 bits per heavy atom. The second-order valence-electron chi connectivity index (χ2n) is 12.4. The third-order valence-electron chi connectivity index (χ3n) is 9.52. The standard InChI is InChI=1S/C32H33NO11.C2HF3O2/c1-17(34)41-22(29(36)37)16-24(35)43-26(18-7-5-4-6-8-18)30(38)42-21-11-12-32(39)23-15-19-9-10-20(40-3)27-25(19)31(32,28(21)44-27)13-14-33(23)2;3-2(4,5)1(6)7/h4-11,22-23,26,28,39H,12-16H2,1-3H3,(H,36,37);(H,6,7)/t22-,23+,26-,28-,31-,32+;/m0./s1. The lowest BCUT2D eigenvalue weighted by Crippen LogP contribution is -2.74. The van der Waals surface area contributed by atoms with Crippen molar-refractivity contribution in [3.63, 3.8) is 0 Å². The molecular formula is C34H34F3NO13. The van der Waals surface area contributed by atoms with Crippen LogP contribution in [0.3, 0.4) is 0 Å². The summed E-state index contributed by atoms with van der Waals surface area (Å²) in [5.74, 6) is -6.01. The number of aliphatic hydroxyl groups is 1. The minimum Gasteiger partial charge on any atom is -0.493 e. The van der Waals surface area contributed by atoms with Crippen molar-refractivity contribution in [2.75, 3.05) is 20.7 Å². The molecule has 4 aliphatic rings. The topological polar surface area (TPSA) is 195 Å². The van der Waals surface area contributed by atoms with E-state index < -0.39 is 71.8 Å². The molecule has 0 radical (unpaired) electrons.